The van der Waals surface area contributed by atoms with Crippen LogP contribution >= 0.6 is 0 Å². The molecule has 94 valence electrons. The van der Waals surface area contributed by atoms with E-state index >= 15 is 0 Å². The molecular formula is C13H15N3O2. The van der Waals surface area contributed by atoms with Crippen LogP contribution in [0.5, 0.6) is 5.75 Å². The van der Waals surface area contributed by atoms with Crippen LogP contribution in [0, 0.1) is 5.92 Å². The van der Waals surface area contributed by atoms with Crippen molar-refractivity contribution in [2.24, 2.45) is 5.92 Å². The van der Waals surface area contributed by atoms with Gasteiger partial charge in [0.25, 0.3) is 5.56 Å². The molecule has 18 heavy (non-hydrogen) atoms. The van der Waals surface area contributed by atoms with Gasteiger partial charge in [0.05, 0.1) is 17.2 Å². The highest BCUT2D eigenvalue weighted by molar-refractivity contribution is 5.78. The van der Waals surface area contributed by atoms with Crippen molar-refractivity contribution in [1.82, 2.24) is 14.9 Å². The van der Waals surface area contributed by atoms with Gasteiger partial charge >= 0.3 is 0 Å². The van der Waals surface area contributed by atoms with Crippen LogP contribution in [0.25, 0.3) is 10.9 Å². The average Bonchev–Trinajstić information content (AvgIpc) is 2.86. The number of phenolic OH excluding ortho intramolecular Hbond substituents is 1. The number of nitrogens with one attached hydrogen (secondary N) is 1. The van der Waals surface area contributed by atoms with Crippen LogP contribution in [0.3, 0.4) is 0 Å². The van der Waals surface area contributed by atoms with Gasteiger partial charge in [0.15, 0.2) is 0 Å². The first-order valence-corrected chi connectivity index (χ1v) is 6.13. The smallest absolute Gasteiger partial charge is 0.261 e. The highest BCUT2D eigenvalue weighted by Crippen LogP contribution is 2.15. The van der Waals surface area contributed by atoms with Crippen LogP contribution in [-0.2, 0) is 6.54 Å². The molecule has 1 aromatic heterocycles. The van der Waals surface area contributed by atoms with Crippen molar-refractivity contribution in [3.8, 4) is 5.75 Å². The molecule has 5 heteroatoms. The number of benzene rings is 1. The normalized spacial score (nSPS) is 19.4. The Morgan fingerprint density at radius 3 is 3.17 bits per heavy atom. The summed E-state index contributed by atoms with van der Waals surface area (Å²) in [5, 5.41) is 13.2. The molecule has 1 aliphatic rings. The molecule has 0 spiro atoms. The number of fused-ring (bicyclic) bond motifs is 1. The number of phenols is 1. The van der Waals surface area contributed by atoms with Crippen LogP contribution in [0.4, 0.5) is 0 Å². The third-order valence-electron chi connectivity index (χ3n) is 3.42. The molecule has 5 nitrogen and oxygen atoms in total. The summed E-state index contributed by atoms with van der Waals surface area (Å²) < 4.78 is 1.64. The van der Waals surface area contributed by atoms with Crippen LogP contribution in [0.2, 0.25) is 0 Å². The summed E-state index contributed by atoms with van der Waals surface area (Å²) in [7, 11) is 0. The number of rotatable bonds is 2. The second-order valence-electron chi connectivity index (χ2n) is 4.76. The van der Waals surface area contributed by atoms with Crippen LogP contribution in [-0.4, -0.2) is 27.7 Å². The minimum Gasteiger partial charge on any atom is -0.508 e. The lowest BCUT2D eigenvalue weighted by molar-refractivity contribution is 0.468. The third kappa shape index (κ3) is 1.97. The first-order chi connectivity index (χ1) is 8.74. The molecule has 2 heterocycles. The van der Waals surface area contributed by atoms with Gasteiger partial charge in [0, 0.05) is 6.54 Å². The fraction of sp³-hybridized carbons (Fsp3) is 0.385. The summed E-state index contributed by atoms with van der Waals surface area (Å²) in [5.41, 5.74) is 0.543. The zero-order valence-electron chi connectivity index (χ0n) is 9.97. The number of hydrogen-bond donors (Lipinski definition) is 2. The van der Waals surface area contributed by atoms with Gasteiger partial charge in [-0.3, -0.25) is 9.36 Å². The van der Waals surface area contributed by atoms with E-state index < -0.39 is 0 Å². The Morgan fingerprint density at radius 1 is 1.50 bits per heavy atom. The molecule has 0 saturated carbocycles. The van der Waals surface area contributed by atoms with Crippen molar-refractivity contribution in [1.29, 1.82) is 0 Å². The van der Waals surface area contributed by atoms with Gasteiger partial charge in [-0.2, -0.15) is 0 Å². The van der Waals surface area contributed by atoms with E-state index in [-0.39, 0.29) is 11.3 Å². The molecule has 1 saturated heterocycles. The minimum absolute atomic E-state index is 0.0807. The fourth-order valence-electron chi connectivity index (χ4n) is 2.43. The van der Waals surface area contributed by atoms with Crippen LogP contribution in [0.15, 0.2) is 29.3 Å². The first kappa shape index (κ1) is 11.2. The highest BCUT2D eigenvalue weighted by atomic mass is 16.3. The molecule has 0 bridgehead atoms. The lowest BCUT2D eigenvalue weighted by atomic mass is 10.1. The largest absolute Gasteiger partial charge is 0.508 e. The molecule has 2 aromatic rings. The van der Waals surface area contributed by atoms with E-state index in [2.05, 4.69) is 10.3 Å². The van der Waals surface area contributed by atoms with E-state index in [4.69, 9.17) is 0 Å². The Labute approximate surface area is 104 Å². The fourth-order valence-corrected chi connectivity index (χ4v) is 2.43. The van der Waals surface area contributed by atoms with E-state index in [1.807, 2.05) is 0 Å². The Bertz CT molecular complexity index is 630. The van der Waals surface area contributed by atoms with Crippen molar-refractivity contribution >= 4 is 10.9 Å². The van der Waals surface area contributed by atoms with Crippen LogP contribution < -0.4 is 10.9 Å². The molecule has 1 aliphatic heterocycles. The minimum atomic E-state index is -0.0807. The summed E-state index contributed by atoms with van der Waals surface area (Å²) in [6.07, 6.45) is 2.69. The van der Waals surface area contributed by atoms with Gasteiger partial charge in [-0.1, -0.05) is 0 Å². The summed E-state index contributed by atoms with van der Waals surface area (Å²) in [5.74, 6) is 0.584. The second-order valence-corrected chi connectivity index (χ2v) is 4.76. The Balaban J connectivity index is 2.02. The van der Waals surface area contributed by atoms with Gasteiger partial charge in [-0.05, 0) is 43.6 Å². The highest BCUT2D eigenvalue weighted by Gasteiger charge is 2.16. The lowest BCUT2D eigenvalue weighted by Crippen LogP contribution is -2.25. The van der Waals surface area contributed by atoms with Crippen molar-refractivity contribution in [3.63, 3.8) is 0 Å². The molecule has 0 radical (unpaired) electrons. The molecule has 1 atom stereocenters. The maximum Gasteiger partial charge on any atom is 0.261 e. The topological polar surface area (TPSA) is 67.1 Å². The molecule has 1 fully saturated rings. The summed E-state index contributed by atoms with van der Waals surface area (Å²) in [4.78, 5) is 16.5. The molecule has 3 rings (SSSR count). The quantitative estimate of drug-likeness (QED) is 0.817. The number of aromatic hydroxyl groups is 1. The number of nitrogens with zero attached hydrogens (tertiary/aromatic N) is 2. The van der Waals surface area contributed by atoms with Crippen molar-refractivity contribution < 1.29 is 5.11 Å². The Morgan fingerprint density at radius 2 is 2.39 bits per heavy atom. The first-order valence-electron chi connectivity index (χ1n) is 6.13. The van der Waals surface area contributed by atoms with E-state index in [9.17, 15) is 9.90 Å². The van der Waals surface area contributed by atoms with E-state index in [1.165, 1.54) is 6.07 Å². The Kier molecular flexibility index (Phi) is 2.76. The van der Waals surface area contributed by atoms with Gasteiger partial charge in [-0.25, -0.2) is 4.98 Å². The van der Waals surface area contributed by atoms with E-state index in [0.717, 1.165) is 19.5 Å². The maximum atomic E-state index is 12.3. The van der Waals surface area contributed by atoms with E-state index in [0.29, 0.717) is 23.4 Å². The third-order valence-corrected chi connectivity index (χ3v) is 3.42. The monoisotopic (exact) mass is 245 g/mol. The van der Waals surface area contributed by atoms with E-state index in [1.54, 1.807) is 23.0 Å². The van der Waals surface area contributed by atoms with Crippen molar-refractivity contribution in [2.45, 2.75) is 13.0 Å². The second kappa shape index (κ2) is 4.42. The zero-order valence-corrected chi connectivity index (χ0v) is 9.97. The molecule has 1 aromatic carbocycles. The molecule has 2 N–H and O–H groups in total. The molecule has 1 unspecified atom stereocenters. The number of hydrogen-bond acceptors (Lipinski definition) is 4. The SMILES string of the molecule is O=c1c2cc(O)ccc2ncn1CC1CCNC1. The lowest BCUT2D eigenvalue weighted by Gasteiger charge is -2.11. The van der Waals surface area contributed by atoms with Crippen LogP contribution in [0.1, 0.15) is 6.42 Å². The predicted molar refractivity (Wildman–Crippen MR) is 68.6 cm³/mol. The van der Waals surface area contributed by atoms with Gasteiger partial charge in [0.2, 0.25) is 0 Å². The molecule has 0 aliphatic carbocycles. The summed E-state index contributed by atoms with van der Waals surface area (Å²) in [6.45, 7) is 2.65. The number of aromatic nitrogens is 2. The zero-order chi connectivity index (χ0) is 12.5. The standard InChI is InChI=1S/C13H15N3O2/c17-10-1-2-12-11(5-10)13(18)16(8-15-12)7-9-3-4-14-6-9/h1-2,5,8-9,14,17H,3-4,6-7H2. The van der Waals surface area contributed by atoms with Gasteiger partial charge < -0.3 is 10.4 Å². The van der Waals surface area contributed by atoms with Crippen molar-refractivity contribution in [3.05, 3.63) is 34.9 Å². The Hall–Kier alpha value is -1.88. The van der Waals surface area contributed by atoms with Gasteiger partial charge in [-0.15, -0.1) is 0 Å². The maximum absolute atomic E-state index is 12.3. The summed E-state index contributed by atoms with van der Waals surface area (Å²) in [6, 6.07) is 4.68. The average molecular weight is 245 g/mol. The molecular weight excluding hydrogens is 230 g/mol. The predicted octanol–water partition coefficient (Wildman–Crippen LogP) is 0.712. The van der Waals surface area contributed by atoms with Gasteiger partial charge in [0.1, 0.15) is 5.75 Å². The van der Waals surface area contributed by atoms with Crippen molar-refractivity contribution in [2.75, 3.05) is 13.1 Å². The summed E-state index contributed by atoms with van der Waals surface area (Å²) >= 11 is 0. The molecule has 0 amide bonds.